The van der Waals surface area contributed by atoms with Gasteiger partial charge in [0.1, 0.15) is 5.75 Å². The van der Waals surface area contributed by atoms with Crippen LogP contribution in [0.4, 0.5) is 5.69 Å². The molecule has 1 saturated carbocycles. The molecule has 1 aliphatic carbocycles. The molecule has 4 rings (SSSR count). The molecule has 0 spiro atoms. The Morgan fingerprint density at radius 2 is 1.52 bits per heavy atom. The van der Waals surface area contributed by atoms with E-state index in [0.717, 1.165) is 24.8 Å². The Hall–Kier alpha value is -2.95. The SMILES string of the molecule is C[C@@H]1CC[C@H]2C(=O)N(c3ccc(C(=O)Oc4ccc(C(C)(C)C)cc4)cc3)C(=O)[C@H]2C1. The Balaban J connectivity index is 1.46. The Morgan fingerprint density at radius 1 is 0.903 bits per heavy atom. The standard InChI is InChI=1S/C26H29NO4/c1-16-5-14-21-22(15-16)24(29)27(23(21)28)19-10-6-17(7-11-19)25(30)31-20-12-8-18(9-13-20)26(2,3)4/h6-13,16,21-22H,5,14-15H2,1-4H3/t16-,21-,22+/m1/s1. The smallest absolute Gasteiger partial charge is 0.343 e. The highest BCUT2D eigenvalue weighted by Gasteiger charge is 2.49. The maximum atomic E-state index is 12.9. The number of carbonyl (C=O) groups excluding carboxylic acids is 3. The van der Waals surface area contributed by atoms with Crippen LogP contribution < -0.4 is 9.64 Å². The van der Waals surface area contributed by atoms with Gasteiger partial charge in [-0.1, -0.05) is 39.8 Å². The van der Waals surface area contributed by atoms with Gasteiger partial charge in [-0.2, -0.15) is 0 Å². The van der Waals surface area contributed by atoms with Gasteiger partial charge in [0.2, 0.25) is 11.8 Å². The minimum absolute atomic E-state index is 0.0261. The molecule has 2 aromatic rings. The van der Waals surface area contributed by atoms with Crippen molar-refractivity contribution in [3.8, 4) is 5.75 Å². The van der Waals surface area contributed by atoms with Gasteiger partial charge in [-0.3, -0.25) is 14.5 Å². The number of nitrogens with zero attached hydrogens (tertiary/aromatic N) is 1. The second-order valence-electron chi connectivity index (χ2n) is 9.85. The summed E-state index contributed by atoms with van der Waals surface area (Å²) >= 11 is 0. The fourth-order valence-electron chi connectivity index (χ4n) is 4.58. The summed E-state index contributed by atoms with van der Waals surface area (Å²) in [7, 11) is 0. The molecule has 1 saturated heterocycles. The summed E-state index contributed by atoms with van der Waals surface area (Å²) in [4.78, 5) is 39.5. The van der Waals surface area contributed by atoms with Crippen LogP contribution in [-0.2, 0) is 15.0 Å². The van der Waals surface area contributed by atoms with Crippen LogP contribution in [0.25, 0.3) is 0 Å². The lowest BCUT2D eigenvalue weighted by atomic mass is 9.76. The van der Waals surface area contributed by atoms with Crippen molar-refractivity contribution in [1.82, 2.24) is 0 Å². The van der Waals surface area contributed by atoms with Crippen LogP contribution in [-0.4, -0.2) is 17.8 Å². The van der Waals surface area contributed by atoms with E-state index in [2.05, 4.69) is 27.7 Å². The number of fused-ring (bicyclic) bond motifs is 1. The van der Waals surface area contributed by atoms with Gasteiger partial charge >= 0.3 is 5.97 Å². The van der Waals surface area contributed by atoms with E-state index in [1.165, 1.54) is 4.90 Å². The summed E-state index contributed by atoms with van der Waals surface area (Å²) < 4.78 is 5.48. The molecule has 1 heterocycles. The molecule has 2 aliphatic rings. The van der Waals surface area contributed by atoms with E-state index < -0.39 is 5.97 Å². The molecule has 2 aromatic carbocycles. The average Bonchev–Trinajstić information content (AvgIpc) is 2.97. The first-order chi connectivity index (χ1) is 14.6. The lowest BCUT2D eigenvalue weighted by molar-refractivity contribution is -0.122. The van der Waals surface area contributed by atoms with Gasteiger partial charge in [0, 0.05) is 0 Å². The summed E-state index contributed by atoms with van der Waals surface area (Å²) in [6.07, 6.45) is 2.52. The summed E-state index contributed by atoms with van der Waals surface area (Å²) in [5.74, 6) is -0.178. The quantitative estimate of drug-likeness (QED) is 0.393. The van der Waals surface area contributed by atoms with E-state index in [1.54, 1.807) is 36.4 Å². The van der Waals surface area contributed by atoms with E-state index in [9.17, 15) is 14.4 Å². The van der Waals surface area contributed by atoms with Gasteiger partial charge in [0.05, 0.1) is 23.1 Å². The summed E-state index contributed by atoms with van der Waals surface area (Å²) in [6, 6.07) is 14.0. The monoisotopic (exact) mass is 419 g/mol. The Morgan fingerprint density at radius 3 is 2.13 bits per heavy atom. The normalized spacial score (nSPS) is 23.6. The van der Waals surface area contributed by atoms with Crippen LogP contribution in [0.15, 0.2) is 48.5 Å². The number of esters is 1. The van der Waals surface area contributed by atoms with Crippen molar-refractivity contribution in [2.45, 2.75) is 52.4 Å². The Labute approximate surface area is 183 Å². The number of hydrogen-bond acceptors (Lipinski definition) is 4. The van der Waals surface area contributed by atoms with Crippen molar-refractivity contribution in [3.05, 3.63) is 59.7 Å². The minimum Gasteiger partial charge on any atom is -0.423 e. The molecule has 2 fully saturated rings. The highest BCUT2D eigenvalue weighted by molar-refractivity contribution is 6.22. The van der Waals surface area contributed by atoms with Gasteiger partial charge in [0.25, 0.3) is 0 Å². The highest BCUT2D eigenvalue weighted by Crippen LogP contribution is 2.42. The number of anilines is 1. The first-order valence-electron chi connectivity index (χ1n) is 11.0. The molecule has 162 valence electrons. The zero-order valence-electron chi connectivity index (χ0n) is 18.6. The van der Waals surface area contributed by atoms with Crippen LogP contribution in [0.3, 0.4) is 0 Å². The van der Waals surface area contributed by atoms with Crippen molar-refractivity contribution < 1.29 is 19.1 Å². The molecule has 2 amide bonds. The summed E-state index contributed by atoms with van der Waals surface area (Å²) in [6.45, 7) is 8.51. The van der Waals surface area contributed by atoms with Crippen molar-refractivity contribution in [2.24, 2.45) is 17.8 Å². The number of carbonyl (C=O) groups is 3. The van der Waals surface area contributed by atoms with Crippen molar-refractivity contribution in [2.75, 3.05) is 4.90 Å². The van der Waals surface area contributed by atoms with Crippen LogP contribution in [0, 0.1) is 17.8 Å². The molecule has 0 unspecified atom stereocenters. The third-order valence-corrected chi connectivity index (χ3v) is 6.48. The molecular weight excluding hydrogens is 390 g/mol. The van der Waals surface area contributed by atoms with E-state index in [4.69, 9.17) is 4.74 Å². The van der Waals surface area contributed by atoms with Crippen molar-refractivity contribution >= 4 is 23.5 Å². The molecule has 0 radical (unpaired) electrons. The molecule has 5 nitrogen and oxygen atoms in total. The van der Waals surface area contributed by atoms with E-state index >= 15 is 0 Å². The number of rotatable bonds is 3. The lowest BCUT2D eigenvalue weighted by Gasteiger charge is -2.25. The Kier molecular flexibility index (Phi) is 5.46. The molecule has 5 heteroatoms. The van der Waals surface area contributed by atoms with Gasteiger partial charge in [0.15, 0.2) is 0 Å². The van der Waals surface area contributed by atoms with Crippen LogP contribution in [0.5, 0.6) is 5.75 Å². The predicted molar refractivity (Wildman–Crippen MR) is 119 cm³/mol. The number of amides is 2. The highest BCUT2D eigenvalue weighted by atomic mass is 16.5. The number of benzene rings is 2. The van der Waals surface area contributed by atoms with E-state index in [-0.39, 0.29) is 29.1 Å². The van der Waals surface area contributed by atoms with Crippen LogP contribution in [0.1, 0.15) is 62.9 Å². The molecular formula is C26H29NO4. The van der Waals surface area contributed by atoms with Gasteiger partial charge in [-0.05, 0) is 72.6 Å². The average molecular weight is 420 g/mol. The third kappa shape index (κ3) is 4.14. The Bertz CT molecular complexity index is 1000. The zero-order chi connectivity index (χ0) is 22.3. The number of imide groups is 1. The molecule has 0 aromatic heterocycles. The topological polar surface area (TPSA) is 63.7 Å². The number of ether oxygens (including phenoxy) is 1. The first kappa shape index (κ1) is 21.3. The van der Waals surface area contributed by atoms with Gasteiger partial charge in [-0.15, -0.1) is 0 Å². The maximum Gasteiger partial charge on any atom is 0.343 e. The fourth-order valence-corrected chi connectivity index (χ4v) is 4.58. The largest absolute Gasteiger partial charge is 0.423 e. The summed E-state index contributed by atoms with van der Waals surface area (Å²) in [5, 5.41) is 0. The predicted octanol–water partition coefficient (Wildman–Crippen LogP) is 5.13. The molecule has 31 heavy (non-hydrogen) atoms. The second-order valence-corrected chi connectivity index (χ2v) is 9.85. The van der Waals surface area contributed by atoms with E-state index in [0.29, 0.717) is 22.9 Å². The second kappa shape index (κ2) is 7.95. The van der Waals surface area contributed by atoms with Crippen molar-refractivity contribution in [1.29, 1.82) is 0 Å². The molecule has 0 N–H and O–H groups in total. The lowest BCUT2D eigenvalue weighted by Crippen LogP contribution is -2.30. The fraction of sp³-hybridized carbons (Fsp3) is 0.423. The summed E-state index contributed by atoms with van der Waals surface area (Å²) in [5.41, 5.74) is 2.07. The van der Waals surface area contributed by atoms with E-state index in [1.807, 2.05) is 12.1 Å². The van der Waals surface area contributed by atoms with Gasteiger partial charge in [-0.25, -0.2) is 4.79 Å². The molecule has 0 bridgehead atoms. The maximum absolute atomic E-state index is 12.9. The van der Waals surface area contributed by atoms with Crippen LogP contribution >= 0.6 is 0 Å². The van der Waals surface area contributed by atoms with Crippen molar-refractivity contribution in [3.63, 3.8) is 0 Å². The first-order valence-corrected chi connectivity index (χ1v) is 11.0. The number of hydrogen-bond donors (Lipinski definition) is 0. The van der Waals surface area contributed by atoms with Crippen LogP contribution in [0.2, 0.25) is 0 Å². The molecule has 3 atom stereocenters. The zero-order valence-corrected chi connectivity index (χ0v) is 18.6. The molecule has 1 aliphatic heterocycles. The third-order valence-electron chi connectivity index (χ3n) is 6.48. The van der Waals surface area contributed by atoms with Gasteiger partial charge < -0.3 is 4.74 Å². The minimum atomic E-state index is -0.475.